The van der Waals surface area contributed by atoms with Gasteiger partial charge in [0.05, 0.1) is 5.69 Å². The fourth-order valence-electron chi connectivity index (χ4n) is 3.30. The number of amides is 2. The molecule has 2 saturated heterocycles. The van der Waals surface area contributed by atoms with E-state index < -0.39 is 0 Å². The second kappa shape index (κ2) is 7.17. The van der Waals surface area contributed by atoms with Crippen LogP contribution in [0.1, 0.15) is 6.92 Å². The number of carbonyl (C=O) groups excluding carboxylic acids is 1. The lowest BCUT2D eigenvalue weighted by molar-refractivity contribution is 0.113. The van der Waals surface area contributed by atoms with E-state index >= 15 is 0 Å². The van der Waals surface area contributed by atoms with Crippen LogP contribution in [0.3, 0.4) is 0 Å². The van der Waals surface area contributed by atoms with E-state index in [1.54, 1.807) is 12.1 Å². The molecule has 0 unspecified atom stereocenters. The van der Waals surface area contributed by atoms with Crippen LogP contribution in [-0.4, -0.2) is 79.6 Å². The van der Waals surface area contributed by atoms with Crippen molar-refractivity contribution < 1.29 is 9.18 Å². The molecule has 3 rings (SSSR count). The molecule has 2 aliphatic rings. The summed E-state index contributed by atoms with van der Waals surface area (Å²) >= 11 is 0. The first-order valence-corrected chi connectivity index (χ1v) is 8.44. The Morgan fingerprint density at radius 3 is 2.09 bits per heavy atom. The summed E-state index contributed by atoms with van der Waals surface area (Å²) in [5.41, 5.74) is 0.635. The summed E-state index contributed by atoms with van der Waals surface area (Å²) in [4.78, 5) is 20.8. The van der Waals surface area contributed by atoms with Gasteiger partial charge < -0.3 is 19.6 Å². The fraction of sp³-hybridized carbons (Fsp3) is 0.588. The van der Waals surface area contributed by atoms with Gasteiger partial charge >= 0.3 is 6.03 Å². The van der Waals surface area contributed by atoms with Crippen LogP contribution in [-0.2, 0) is 0 Å². The van der Waals surface area contributed by atoms with Crippen LogP contribution in [0.5, 0.6) is 0 Å². The minimum atomic E-state index is -0.192. The average molecular weight is 320 g/mol. The number of benzene rings is 1. The van der Waals surface area contributed by atoms with Crippen LogP contribution < -0.4 is 4.90 Å². The lowest BCUT2D eigenvalue weighted by Gasteiger charge is -2.41. The SMILES string of the molecule is CCN1CCN(C(=O)N2CCN(c3ccccc3F)CC2)CC1. The highest BCUT2D eigenvalue weighted by Crippen LogP contribution is 2.20. The third-order valence-electron chi connectivity index (χ3n) is 4.83. The quantitative estimate of drug-likeness (QED) is 0.831. The van der Waals surface area contributed by atoms with Gasteiger partial charge in [0.15, 0.2) is 0 Å². The number of anilines is 1. The topological polar surface area (TPSA) is 30.0 Å². The highest BCUT2D eigenvalue weighted by molar-refractivity contribution is 5.75. The maximum Gasteiger partial charge on any atom is 0.320 e. The van der Waals surface area contributed by atoms with E-state index in [2.05, 4.69) is 11.8 Å². The number of hydrogen-bond donors (Lipinski definition) is 0. The third-order valence-corrected chi connectivity index (χ3v) is 4.83. The molecule has 0 N–H and O–H groups in total. The van der Waals surface area contributed by atoms with Crippen LogP contribution in [0, 0.1) is 5.82 Å². The number of carbonyl (C=O) groups is 1. The molecule has 0 saturated carbocycles. The molecule has 0 atom stereocenters. The molecular weight excluding hydrogens is 295 g/mol. The number of piperazine rings is 2. The Morgan fingerprint density at radius 2 is 1.52 bits per heavy atom. The van der Waals surface area contributed by atoms with Crippen molar-refractivity contribution in [2.45, 2.75) is 6.92 Å². The molecule has 0 aromatic heterocycles. The molecule has 5 nitrogen and oxygen atoms in total. The van der Waals surface area contributed by atoms with Crippen molar-refractivity contribution in [3.8, 4) is 0 Å². The molecule has 0 radical (unpaired) electrons. The molecule has 1 aromatic rings. The number of urea groups is 1. The van der Waals surface area contributed by atoms with E-state index in [9.17, 15) is 9.18 Å². The van der Waals surface area contributed by atoms with Crippen molar-refractivity contribution in [2.75, 3.05) is 63.8 Å². The average Bonchev–Trinajstić information content (AvgIpc) is 2.62. The Labute approximate surface area is 137 Å². The predicted octanol–water partition coefficient (Wildman–Crippen LogP) is 1.71. The second-order valence-corrected chi connectivity index (χ2v) is 6.13. The van der Waals surface area contributed by atoms with E-state index in [1.165, 1.54) is 6.07 Å². The number of nitrogens with zero attached hydrogens (tertiary/aromatic N) is 4. The van der Waals surface area contributed by atoms with Gasteiger partial charge in [0.2, 0.25) is 0 Å². The summed E-state index contributed by atoms with van der Waals surface area (Å²) in [6.07, 6.45) is 0. The van der Waals surface area contributed by atoms with Gasteiger partial charge in [-0.1, -0.05) is 19.1 Å². The van der Waals surface area contributed by atoms with Gasteiger partial charge in [-0.2, -0.15) is 0 Å². The van der Waals surface area contributed by atoms with Crippen LogP contribution >= 0.6 is 0 Å². The molecule has 0 bridgehead atoms. The fourth-order valence-corrected chi connectivity index (χ4v) is 3.30. The number of para-hydroxylation sites is 1. The molecule has 1 aromatic carbocycles. The Morgan fingerprint density at radius 1 is 0.957 bits per heavy atom. The van der Waals surface area contributed by atoms with Crippen LogP contribution in [0.2, 0.25) is 0 Å². The molecule has 0 spiro atoms. The summed E-state index contributed by atoms with van der Waals surface area (Å²) in [7, 11) is 0. The zero-order chi connectivity index (χ0) is 16.2. The molecule has 2 heterocycles. The largest absolute Gasteiger partial charge is 0.366 e. The van der Waals surface area contributed by atoms with Crippen molar-refractivity contribution in [3.05, 3.63) is 30.1 Å². The highest BCUT2D eigenvalue weighted by atomic mass is 19.1. The van der Waals surface area contributed by atoms with Crippen molar-refractivity contribution in [1.29, 1.82) is 0 Å². The van der Waals surface area contributed by atoms with Gasteiger partial charge in [-0.3, -0.25) is 0 Å². The Hall–Kier alpha value is -1.82. The Bertz CT molecular complexity index is 537. The highest BCUT2D eigenvalue weighted by Gasteiger charge is 2.28. The standard InChI is InChI=1S/C17H25FN4O/c1-2-19-7-9-21(10-8-19)17(23)22-13-11-20(12-14-22)16-6-4-3-5-15(16)18/h3-6H,2,7-14H2,1H3. The van der Waals surface area contributed by atoms with Crippen molar-refractivity contribution >= 4 is 11.7 Å². The van der Waals surface area contributed by atoms with E-state index in [0.29, 0.717) is 31.9 Å². The summed E-state index contributed by atoms with van der Waals surface area (Å²) in [6, 6.07) is 6.98. The molecule has 2 amide bonds. The molecular formula is C17H25FN4O. The molecule has 2 fully saturated rings. The van der Waals surface area contributed by atoms with Gasteiger partial charge in [-0.05, 0) is 18.7 Å². The maximum atomic E-state index is 13.9. The minimum absolute atomic E-state index is 0.133. The zero-order valence-electron chi connectivity index (χ0n) is 13.7. The number of rotatable bonds is 2. The van der Waals surface area contributed by atoms with Crippen molar-refractivity contribution in [1.82, 2.24) is 14.7 Å². The van der Waals surface area contributed by atoms with Crippen LogP contribution in [0.25, 0.3) is 0 Å². The summed E-state index contributed by atoms with van der Waals surface area (Å²) in [5, 5.41) is 0. The molecule has 23 heavy (non-hydrogen) atoms. The maximum absolute atomic E-state index is 13.9. The number of halogens is 1. The smallest absolute Gasteiger partial charge is 0.320 e. The lowest BCUT2D eigenvalue weighted by atomic mass is 10.2. The first-order chi connectivity index (χ1) is 11.2. The van der Waals surface area contributed by atoms with E-state index in [-0.39, 0.29) is 11.8 Å². The van der Waals surface area contributed by atoms with Crippen LogP contribution in [0.15, 0.2) is 24.3 Å². The number of hydrogen-bond acceptors (Lipinski definition) is 3. The normalized spacial score (nSPS) is 20.0. The first-order valence-electron chi connectivity index (χ1n) is 8.44. The third kappa shape index (κ3) is 3.58. The molecule has 2 aliphatic heterocycles. The summed E-state index contributed by atoms with van der Waals surface area (Å²) in [5.74, 6) is -0.192. The second-order valence-electron chi connectivity index (χ2n) is 6.13. The summed E-state index contributed by atoms with van der Waals surface area (Å²) in [6.45, 7) is 9.39. The van der Waals surface area contributed by atoms with Gasteiger partial charge in [0.25, 0.3) is 0 Å². The van der Waals surface area contributed by atoms with E-state index in [1.807, 2.05) is 20.8 Å². The zero-order valence-corrected chi connectivity index (χ0v) is 13.7. The Balaban J connectivity index is 1.53. The van der Waals surface area contributed by atoms with E-state index in [4.69, 9.17) is 0 Å². The van der Waals surface area contributed by atoms with E-state index in [0.717, 1.165) is 32.7 Å². The minimum Gasteiger partial charge on any atom is -0.366 e. The lowest BCUT2D eigenvalue weighted by Crippen LogP contribution is -2.56. The molecule has 126 valence electrons. The molecule has 6 heteroatoms. The van der Waals surface area contributed by atoms with Gasteiger partial charge in [-0.15, -0.1) is 0 Å². The number of likely N-dealkylation sites (N-methyl/N-ethyl adjacent to an activating group) is 1. The first kappa shape index (κ1) is 16.1. The van der Waals surface area contributed by atoms with Gasteiger partial charge in [-0.25, -0.2) is 9.18 Å². The van der Waals surface area contributed by atoms with Crippen molar-refractivity contribution in [3.63, 3.8) is 0 Å². The van der Waals surface area contributed by atoms with Crippen LogP contribution in [0.4, 0.5) is 14.9 Å². The van der Waals surface area contributed by atoms with Gasteiger partial charge in [0.1, 0.15) is 5.82 Å². The summed E-state index contributed by atoms with van der Waals surface area (Å²) < 4.78 is 13.9. The predicted molar refractivity (Wildman–Crippen MR) is 89.3 cm³/mol. The monoisotopic (exact) mass is 320 g/mol. The van der Waals surface area contributed by atoms with Crippen molar-refractivity contribution in [2.24, 2.45) is 0 Å². The van der Waals surface area contributed by atoms with Gasteiger partial charge in [0, 0.05) is 52.4 Å². The molecule has 0 aliphatic carbocycles. The Kier molecular flexibility index (Phi) is 5.00.